The average Bonchev–Trinajstić information content (AvgIpc) is 1.55. The highest BCUT2D eigenvalue weighted by Crippen LogP contribution is 2.55. The number of furan rings is 2. The Morgan fingerprint density at radius 1 is 0.204 bits per heavy atom. The van der Waals surface area contributed by atoms with Gasteiger partial charge in [0.25, 0.3) is 0 Å². The van der Waals surface area contributed by atoms with Crippen molar-refractivity contribution in [2.75, 3.05) is 0 Å². The fraction of sp³-hybridized carbons (Fsp3) is 0.0365. The molecule has 29 rings (SSSR count). The zero-order chi connectivity index (χ0) is 96.2. The third-order valence-corrected chi connectivity index (χ3v) is 31.0. The van der Waals surface area contributed by atoms with E-state index in [1.165, 1.54) is 102 Å². The molecule has 7 heterocycles. The lowest BCUT2D eigenvalue weighted by atomic mass is 9.80. The number of rotatable bonds is 13. The van der Waals surface area contributed by atoms with Crippen LogP contribution in [0.15, 0.2) is 494 Å². The van der Waals surface area contributed by atoms with Crippen molar-refractivity contribution in [2.24, 2.45) is 0 Å². The molecule has 7 aromatic heterocycles. The Kier molecular flexibility index (Phi) is 23.0. The summed E-state index contributed by atoms with van der Waals surface area (Å²) >= 11 is 3.63. The van der Waals surface area contributed by atoms with Crippen molar-refractivity contribution in [3.8, 4) is 157 Å². The van der Waals surface area contributed by atoms with E-state index >= 15 is 0 Å². The molecule has 0 saturated heterocycles. The molecule has 8 nitrogen and oxygen atoms in total. The number of para-hydroxylation sites is 3. The van der Waals surface area contributed by atoms with Crippen LogP contribution in [-0.4, -0.2) is 29.9 Å². The molecule has 696 valence electrons. The fourth-order valence-corrected chi connectivity index (χ4v) is 23.8. The van der Waals surface area contributed by atoms with E-state index in [-0.39, 0.29) is 20.3 Å². The Labute approximate surface area is 859 Å². The van der Waals surface area contributed by atoms with E-state index in [0.717, 1.165) is 171 Å². The highest BCUT2D eigenvalue weighted by Gasteiger charge is 2.41. The van der Waals surface area contributed by atoms with E-state index in [1.54, 1.807) is 11.3 Å². The monoisotopic (exact) mass is 1920 g/mol. The first-order valence-corrected chi connectivity index (χ1v) is 50.7. The van der Waals surface area contributed by atoms with E-state index < -0.39 is 0 Å². The van der Waals surface area contributed by atoms with Crippen molar-refractivity contribution in [2.45, 2.75) is 34.1 Å². The summed E-state index contributed by atoms with van der Waals surface area (Å²) in [7, 11) is 0. The highest BCUT2D eigenvalue weighted by atomic mass is 32.1. The smallest absolute Gasteiger partial charge is 0.161 e. The van der Waals surface area contributed by atoms with E-state index in [2.05, 4.69) is 451 Å². The van der Waals surface area contributed by atoms with E-state index in [4.69, 9.17) is 38.7 Å². The fourth-order valence-electron chi connectivity index (χ4n) is 21.4. The number of thiophene rings is 2. The lowest BCUT2D eigenvalue weighted by Gasteiger charge is -2.24. The van der Waals surface area contributed by atoms with Gasteiger partial charge in [-0.1, -0.05) is 435 Å². The Morgan fingerprint density at radius 3 is 1.21 bits per heavy atom. The largest absolute Gasteiger partial charge is 0.455 e. The van der Waals surface area contributed by atoms with Crippen LogP contribution in [0.1, 0.15) is 39.8 Å². The number of benzene rings is 21. The Bertz CT molecular complexity index is 9950. The number of nitrogens with zero attached hydrogens (tertiary/aromatic N) is 6. The molecule has 0 atom stereocenters. The first-order valence-electron chi connectivity index (χ1n) is 49.1. The first kappa shape index (κ1) is 90.0. The SMILES string of the molecule is C.C.CC1(C)c2ccc3ccccc3c2-c2nc(-c3cc(-c4ccccc4)cc(-c4ccc(-c5cccc6c5oc5ccccc56)cc4)c3)nc(-c3ccccc3)c21.c1ccc(-c2cc(-c3nc(-c4ccccc4)c4sc5ccccc5c4n3)cc(-c3cccc4c3sc3ccccc34)c2)cc1.c1ccc(-c2nc(-c3ccc(-c4ccc(-c5ccc6ccccc6c5)cc4)cc3)nc3c2ccc2c4ccccc4oc23)cc1. The topological polar surface area (TPSA) is 104 Å². The summed E-state index contributed by atoms with van der Waals surface area (Å²) < 4.78 is 17.7. The minimum Gasteiger partial charge on any atom is -0.455 e. The van der Waals surface area contributed by atoms with Crippen molar-refractivity contribution in [1.82, 2.24) is 29.9 Å². The molecule has 0 N–H and O–H groups in total. The van der Waals surface area contributed by atoms with Crippen LogP contribution in [-0.2, 0) is 5.41 Å². The van der Waals surface area contributed by atoms with Gasteiger partial charge in [0, 0.05) is 113 Å². The molecular weight excluding hydrogens is 1830 g/mol. The second-order valence-electron chi connectivity index (χ2n) is 37.7. The van der Waals surface area contributed by atoms with Gasteiger partial charge in [-0.3, -0.25) is 0 Å². The van der Waals surface area contributed by atoms with Crippen molar-refractivity contribution in [3.05, 3.63) is 496 Å². The average molecular weight is 1920 g/mol. The molecule has 10 heteroatoms. The molecule has 1 aliphatic carbocycles. The van der Waals surface area contributed by atoms with Crippen LogP contribution in [0.5, 0.6) is 0 Å². The molecule has 0 spiro atoms. The summed E-state index contributed by atoms with van der Waals surface area (Å²) in [6.07, 6.45) is 0. The van der Waals surface area contributed by atoms with Gasteiger partial charge < -0.3 is 8.83 Å². The molecule has 0 bridgehead atoms. The molecule has 0 radical (unpaired) electrons. The maximum absolute atomic E-state index is 6.40. The molecule has 0 unspecified atom stereocenters. The van der Waals surface area contributed by atoms with Crippen LogP contribution in [0, 0.1) is 0 Å². The predicted octanol–water partition coefficient (Wildman–Crippen LogP) is 38.7. The zero-order valence-electron chi connectivity index (χ0n) is 79.0. The Balaban J connectivity index is 0.000000115. The zero-order valence-corrected chi connectivity index (χ0v) is 80.6. The Hall–Kier alpha value is -18.3. The maximum atomic E-state index is 6.40. The van der Waals surface area contributed by atoms with Crippen LogP contribution in [0.25, 0.3) is 274 Å². The van der Waals surface area contributed by atoms with Crippen molar-refractivity contribution in [3.63, 3.8) is 0 Å². The van der Waals surface area contributed by atoms with Gasteiger partial charge in [-0.2, -0.15) is 0 Å². The predicted molar refractivity (Wildman–Crippen MR) is 621 cm³/mol. The van der Waals surface area contributed by atoms with Gasteiger partial charge in [0.1, 0.15) is 22.3 Å². The summed E-state index contributed by atoms with van der Waals surface area (Å²) in [5.74, 6) is 2.13. The normalized spacial score (nSPS) is 12.0. The van der Waals surface area contributed by atoms with Crippen LogP contribution in [0.3, 0.4) is 0 Å². The molecular formula is C137H94N6O2S2. The van der Waals surface area contributed by atoms with Gasteiger partial charge in [0.15, 0.2) is 23.1 Å². The van der Waals surface area contributed by atoms with Gasteiger partial charge in [-0.25, -0.2) is 29.9 Å². The van der Waals surface area contributed by atoms with Crippen LogP contribution < -0.4 is 0 Å². The van der Waals surface area contributed by atoms with Gasteiger partial charge in [-0.05, 0) is 178 Å². The summed E-state index contributed by atoms with van der Waals surface area (Å²) in [6, 6.07) is 172. The molecule has 147 heavy (non-hydrogen) atoms. The van der Waals surface area contributed by atoms with Gasteiger partial charge in [0.2, 0.25) is 0 Å². The quantitative estimate of drug-likeness (QED) is 0.112. The number of fused-ring (bicyclic) bond motifs is 20. The second kappa shape index (κ2) is 37.5. The van der Waals surface area contributed by atoms with Gasteiger partial charge in [-0.15, -0.1) is 22.7 Å². The standard InChI is InChI=1S/C53H36N2O.C42H26N2O.C40H24N2S2.2CH4/c1-53(2)45-29-28-35-16-9-10-19-41(35)47(45)50-48(53)49(37-17-7-4-8-18-37)54-52(55-50)40-31-38(33-14-5-3-6-15-33)30-39(32-40)34-24-26-36(27-25-34)42-21-13-22-44-43-20-11-12-23-46(43)56-51(42)44;1-2-9-31(10-3-1)39-37-25-24-36-35-12-6-7-13-38(35)45-41(36)40(37)44-42(43-39)32-21-18-29(19-22-32)28-14-16-30(17-15-28)34-23-20-27-8-4-5-11-33(27)26-34;1-3-12-25(13-4-1)27-22-28(30-18-11-19-32-31-16-7-9-20-34(31)43-38(30)32)24-29(23-27)40-41-36(26-14-5-2-6-15-26)39-37(42-40)33-17-8-10-21-35(33)44-39;;/h3-32H,1-2H3;1-26H;1-24H;2*1H4. The molecule has 0 fully saturated rings. The highest BCUT2D eigenvalue weighted by molar-refractivity contribution is 7.26. The molecule has 28 aromatic rings. The lowest BCUT2D eigenvalue weighted by molar-refractivity contribution is 0.658. The molecule has 0 saturated carbocycles. The van der Waals surface area contributed by atoms with E-state index in [0.29, 0.717) is 11.6 Å². The van der Waals surface area contributed by atoms with E-state index in [9.17, 15) is 0 Å². The molecule has 0 aliphatic heterocycles. The summed E-state index contributed by atoms with van der Waals surface area (Å²) in [4.78, 5) is 31.9. The van der Waals surface area contributed by atoms with Crippen LogP contribution in [0.2, 0.25) is 0 Å². The lowest BCUT2D eigenvalue weighted by Crippen LogP contribution is -2.17. The number of hydrogen-bond donors (Lipinski definition) is 0. The number of hydrogen-bond acceptors (Lipinski definition) is 10. The second-order valence-corrected chi connectivity index (χ2v) is 39.8. The minimum atomic E-state index is -0.288. The maximum Gasteiger partial charge on any atom is 0.161 e. The van der Waals surface area contributed by atoms with Crippen LogP contribution >= 0.6 is 22.7 Å². The summed E-state index contributed by atoms with van der Waals surface area (Å²) in [5, 5.41) is 14.1. The molecule has 0 amide bonds. The third-order valence-electron chi connectivity index (χ3n) is 28.6. The van der Waals surface area contributed by atoms with Crippen molar-refractivity contribution in [1.29, 1.82) is 0 Å². The summed E-state index contributed by atoms with van der Waals surface area (Å²) in [5.41, 5.74) is 34.8. The Morgan fingerprint density at radius 2 is 0.585 bits per heavy atom. The molecule has 21 aromatic carbocycles. The minimum absolute atomic E-state index is 0. The van der Waals surface area contributed by atoms with Crippen molar-refractivity contribution >= 4 is 139 Å². The molecule has 1 aliphatic rings. The number of aromatic nitrogens is 6. The summed E-state index contributed by atoms with van der Waals surface area (Å²) in [6.45, 7) is 4.63. The van der Waals surface area contributed by atoms with Crippen LogP contribution in [0.4, 0.5) is 0 Å². The van der Waals surface area contributed by atoms with Crippen molar-refractivity contribution < 1.29 is 8.83 Å². The first-order chi connectivity index (χ1) is 71.6. The third kappa shape index (κ3) is 16.2. The van der Waals surface area contributed by atoms with E-state index in [1.807, 2.05) is 59.9 Å². The van der Waals surface area contributed by atoms with Gasteiger partial charge in [0.05, 0.1) is 33.0 Å². The van der Waals surface area contributed by atoms with Gasteiger partial charge >= 0.3 is 0 Å².